The fourth-order valence-electron chi connectivity index (χ4n) is 3.52. The first-order chi connectivity index (χ1) is 15.0. The van der Waals surface area contributed by atoms with E-state index in [1.807, 2.05) is 30.3 Å². The molecule has 4 aromatic rings. The van der Waals surface area contributed by atoms with Crippen molar-refractivity contribution < 1.29 is 13.5 Å². The number of hydrogen-bond donors (Lipinski definition) is 2. The molecule has 0 saturated carbocycles. The van der Waals surface area contributed by atoms with E-state index in [-0.39, 0.29) is 39.6 Å². The van der Waals surface area contributed by atoms with Crippen LogP contribution in [0.3, 0.4) is 0 Å². The van der Waals surface area contributed by atoms with Gasteiger partial charge in [-0.3, -0.25) is 9.36 Å². The van der Waals surface area contributed by atoms with Crippen LogP contribution in [0.15, 0.2) is 81.2 Å². The molecule has 0 fully saturated rings. The third-order valence-electron chi connectivity index (χ3n) is 4.95. The second kappa shape index (κ2) is 7.03. The van der Waals surface area contributed by atoms with Crippen molar-refractivity contribution in [3.63, 3.8) is 0 Å². The number of pyridine rings is 1. The summed E-state index contributed by atoms with van der Waals surface area (Å²) in [6, 6.07) is 15.5. The maximum Gasteiger partial charge on any atom is 0.286 e. The van der Waals surface area contributed by atoms with E-state index in [1.165, 1.54) is 23.2 Å². The Hall–Kier alpha value is -4.05. The van der Waals surface area contributed by atoms with Gasteiger partial charge in [0.2, 0.25) is 0 Å². The second-order valence-electron chi connectivity index (χ2n) is 6.90. The van der Waals surface area contributed by atoms with E-state index in [4.69, 9.17) is 0 Å². The Labute approximate surface area is 176 Å². The highest BCUT2D eigenvalue weighted by Gasteiger charge is 2.30. The Kier molecular flexibility index (Phi) is 4.29. The van der Waals surface area contributed by atoms with Gasteiger partial charge in [0.1, 0.15) is 28.2 Å². The van der Waals surface area contributed by atoms with Gasteiger partial charge in [0.05, 0.1) is 17.6 Å². The third-order valence-corrected chi connectivity index (χ3v) is 6.28. The Morgan fingerprint density at radius 2 is 1.77 bits per heavy atom. The van der Waals surface area contributed by atoms with Crippen LogP contribution in [0.5, 0.6) is 5.75 Å². The van der Waals surface area contributed by atoms with Crippen LogP contribution in [-0.4, -0.2) is 33.9 Å². The molecule has 0 bridgehead atoms. The highest BCUT2D eigenvalue weighted by molar-refractivity contribution is 7.90. The summed E-state index contributed by atoms with van der Waals surface area (Å²) in [6.07, 6.45) is 2.65. The van der Waals surface area contributed by atoms with Gasteiger partial charge in [0, 0.05) is 6.20 Å². The minimum atomic E-state index is -4.06. The Bertz CT molecular complexity index is 1530. The smallest absolute Gasteiger partial charge is 0.286 e. The lowest BCUT2D eigenvalue weighted by Gasteiger charge is -2.20. The first-order valence-corrected chi connectivity index (χ1v) is 10.7. The molecule has 5 rings (SSSR count). The Morgan fingerprint density at radius 1 is 1.03 bits per heavy atom. The van der Waals surface area contributed by atoms with Gasteiger partial charge >= 0.3 is 0 Å². The van der Waals surface area contributed by atoms with Crippen molar-refractivity contribution in [2.75, 3.05) is 5.32 Å². The number of nitrogens with one attached hydrogen (secondary N) is 1. The minimum Gasteiger partial charge on any atom is -0.506 e. The van der Waals surface area contributed by atoms with Crippen LogP contribution in [0.25, 0.3) is 11.0 Å². The van der Waals surface area contributed by atoms with Crippen molar-refractivity contribution in [3.05, 3.63) is 88.6 Å². The highest BCUT2D eigenvalue weighted by Crippen LogP contribution is 2.31. The number of rotatable bonds is 3. The second-order valence-corrected chi connectivity index (χ2v) is 8.47. The van der Waals surface area contributed by atoms with Gasteiger partial charge < -0.3 is 10.4 Å². The highest BCUT2D eigenvalue weighted by atomic mass is 32.2. The molecule has 0 amide bonds. The number of aromatic hydroxyl groups is 1. The molecular formula is C21H15N5O4S. The van der Waals surface area contributed by atoms with Crippen LogP contribution in [-0.2, 0) is 16.6 Å². The molecule has 1 aliphatic heterocycles. The van der Waals surface area contributed by atoms with Crippen LogP contribution in [0, 0.1) is 0 Å². The van der Waals surface area contributed by atoms with Gasteiger partial charge in [0.15, 0.2) is 5.84 Å². The van der Waals surface area contributed by atoms with Gasteiger partial charge in [-0.05, 0) is 17.7 Å². The third kappa shape index (κ3) is 3.13. The zero-order valence-electron chi connectivity index (χ0n) is 15.9. The number of benzene rings is 2. The van der Waals surface area contributed by atoms with Crippen LogP contribution >= 0.6 is 0 Å². The summed E-state index contributed by atoms with van der Waals surface area (Å²) >= 11 is 0. The van der Waals surface area contributed by atoms with E-state index in [9.17, 15) is 18.3 Å². The normalized spacial score (nSPS) is 14.5. The maximum atomic E-state index is 13.5. The topological polar surface area (TPSA) is 127 Å². The molecule has 1 aliphatic rings. The molecule has 0 aliphatic carbocycles. The number of hydrogen-bond acceptors (Lipinski definition) is 7. The molecule has 0 atom stereocenters. The number of amidine groups is 1. The molecule has 2 aromatic carbocycles. The fourth-order valence-corrected chi connectivity index (χ4v) is 4.64. The summed E-state index contributed by atoms with van der Waals surface area (Å²) in [6.45, 7) is 0.164. The van der Waals surface area contributed by atoms with Gasteiger partial charge in [0.25, 0.3) is 15.6 Å². The largest absolute Gasteiger partial charge is 0.506 e. The molecular weight excluding hydrogens is 418 g/mol. The molecule has 9 nitrogen and oxygen atoms in total. The maximum absolute atomic E-state index is 13.5. The van der Waals surface area contributed by atoms with E-state index < -0.39 is 21.3 Å². The first kappa shape index (κ1) is 18.9. The zero-order chi connectivity index (χ0) is 21.6. The first-order valence-electron chi connectivity index (χ1n) is 9.26. The van der Waals surface area contributed by atoms with E-state index in [1.54, 1.807) is 18.2 Å². The van der Waals surface area contributed by atoms with Crippen molar-refractivity contribution in [1.29, 1.82) is 0 Å². The van der Waals surface area contributed by atoms with E-state index >= 15 is 0 Å². The predicted octanol–water partition coefficient (Wildman–Crippen LogP) is 2.11. The number of aromatic nitrogens is 3. The monoisotopic (exact) mass is 433 g/mol. The molecule has 2 aromatic heterocycles. The van der Waals surface area contributed by atoms with Gasteiger partial charge in [-0.1, -0.05) is 42.5 Å². The van der Waals surface area contributed by atoms with Crippen molar-refractivity contribution in [2.24, 2.45) is 4.40 Å². The molecule has 10 heteroatoms. The Balaban J connectivity index is 1.77. The lowest BCUT2D eigenvalue weighted by Crippen LogP contribution is -2.33. The summed E-state index contributed by atoms with van der Waals surface area (Å²) in [5.74, 6) is -0.695. The summed E-state index contributed by atoms with van der Waals surface area (Å²) < 4.78 is 30.5. The van der Waals surface area contributed by atoms with Crippen molar-refractivity contribution in [3.8, 4) is 5.75 Å². The average Bonchev–Trinajstić information content (AvgIpc) is 2.77. The zero-order valence-corrected chi connectivity index (χ0v) is 16.7. The quantitative estimate of drug-likeness (QED) is 0.507. The number of anilines is 1. The predicted molar refractivity (Wildman–Crippen MR) is 115 cm³/mol. The summed E-state index contributed by atoms with van der Waals surface area (Å²) in [7, 11) is -4.06. The molecule has 31 heavy (non-hydrogen) atoms. The van der Waals surface area contributed by atoms with Gasteiger partial charge in [-0.15, -0.1) is 4.40 Å². The minimum absolute atomic E-state index is 0.00743. The number of sulfonamides is 1. The van der Waals surface area contributed by atoms with E-state index in [0.29, 0.717) is 0 Å². The van der Waals surface area contributed by atoms with Crippen LogP contribution in [0.2, 0.25) is 0 Å². The fraction of sp³-hybridized carbons (Fsp3) is 0.0476. The molecule has 0 radical (unpaired) electrons. The number of fused-ring (bicyclic) bond motifs is 2. The Morgan fingerprint density at radius 3 is 2.58 bits per heavy atom. The van der Waals surface area contributed by atoms with Gasteiger partial charge in [-0.2, -0.15) is 8.42 Å². The lowest BCUT2D eigenvalue weighted by molar-refractivity contribution is 0.477. The molecule has 0 saturated heterocycles. The molecule has 0 spiro atoms. The van der Waals surface area contributed by atoms with Crippen molar-refractivity contribution in [2.45, 2.75) is 11.4 Å². The number of para-hydroxylation sites is 1. The average molecular weight is 433 g/mol. The molecule has 154 valence electrons. The van der Waals surface area contributed by atoms with Crippen LogP contribution in [0.4, 0.5) is 5.69 Å². The van der Waals surface area contributed by atoms with E-state index in [0.717, 1.165) is 5.56 Å². The summed E-state index contributed by atoms with van der Waals surface area (Å²) in [5, 5.41) is 13.9. The molecule has 3 heterocycles. The van der Waals surface area contributed by atoms with E-state index in [2.05, 4.69) is 19.7 Å². The molecule has 2 N–H and O–H groups in total. The van der Waals surface area contributed by atoms with Crippen molar-refractivity contribution in [1.82, 2.24) is 14.5 Å². The lowest BCUT2D eigenvalue weighted by atomic mass is 10.1. The summed E-state index contributed by atoms with van der Waals surface area (Å²) in [5.41, 5.74) is 0.428. The number of nitrogens with zero attached hydrogens (tertiary/aromatic N) is 4. The molecule has 0 unspecified atom stereocenters. The van der Waals surface area contributed by atoms with Crippen molar-refractivity contribution >= 4 is 32.6 Å². The van der Waals surface area contributed by atoms with Gasteiger partial charge in [-0.25, -0.2) is 9.97 Å². The standard InChI is InChI=1S/C21H15N5O4S/c27-18-14-10-22-12-23-20(14)26(11-13-6-2-1-3-7-13)21(28)17(18)19-24-15-8-4-5-9-16(15)31(29,30)25-19/h1-10,12,27H,11H2,(H,24,25). The summed E-state index contributed by atoms with van der Waals surface area (Å²) in [4.78, 5) is 21.6. The van der Waals surface area contributed by atoms with Crippen LogP contribution < -0.4 is 10.9 Å². The SMILES string of the molecule is O=c1c(C2=NS(=O)(=O)c3ccccc3N2)c(O)c2cncnc2n1Cc1ccccc1. The van der Waals surface area contributed by atoms with Crippen LogP contribution in [0.1, 0.15) is 11.1 Å².